The lowest BCUT2D eigenvalue weighted by atomic mass is 10.0. The fourth-order valence-electron chi connectivity index (χ4n) is 1.65. The van der Waals surface area contributed by atoms with Crippen LogP contribution in [-0.4, -0.2) is 5.78 Å². The lowest BCUT2D eigenvalue weighted by Crippen LogP contribution is -2.09. The van der Waals surface area contributed by atoms with Crippen molar-refractivity contribution in [2.24, 2.45) is 0 Å². The average molecular weight is 364 g/mol. The predicted octanol–water partition coefficient (Wildman–Crippen LogP) is 5.35. The maximum Gasteiger partial charge on any atom is 0.417 e. The molecule has 20 heavy (non-hydrogen) atoms. The van der Waals surface area contributed by atoms with E-state index in [4.69, 9.17) is 11.6 Å². The number of carbonyl (C=O) groups is 1. The monoisotopic (exact) mass is 362 g/mol. The van der Waals surface area contributed by atoms with E-state index in [0.717, 1.165) is 6.07 Å². The summed E-state index contributed by atoms with van der Waals surface area (Å²) in [4.78, 5) is 12.1. The summed E-state index contributed by atoms with van der Waals surface area (Å²) in [5, 5.41) is 0.452. The lowest BCUT2D eigenvalue weighted by Gasteiger charge is -2.10. The van der Waals surface area contributed by atoms with Crippen LogP contribution in [0.3, 0.4) is 0 Å². The Kier molecular flexibility index (Phi) is 4.20. The first-order chi connectivity index (χ1) is 9.29. The Labute approximate surface area is 126 Å². The van der Waals surface area contributed by atoms with Crippen molar-refractivity contribution in [2.75, 3.05) is 0 Å². The summed E-state index contributed by atoms with van der Waals surface area (Å²) in [5.41, 5.74) is -0.620. The quantitative estimate of drug-likeness (QED) is 0.657. The normalized spacial score (nSPS) is 11.4. The molecule has 0 fully saturated rings. The van der Waals surface area contributed by atoms with Crippen LogP contribution >= 0.6 is 27.5 Å². The van der Waals surface area contributed by atoms with Gasteiger partial charge in [-0.25, -0.2) is 0 Å². The zero-order valence-corrected chi connectivity index (χ0v) is 12.2. The summed E-state index contributed by atoms with van der Waals surface area (Å²) < 4.78 is 38.3. The highest BCUT2D eigenvalue weighted by Crippen LogP contribution is 2.35. The van der Waals surface area contributed by atoms with Crippen molar-refractivity contribution >= 4 is 33.3 Å². The minimum Gasteiger partial charge on any atom is -0.289 e. The largest absolute Gasteiger partial charge is 0.417 e. The maximum absolute atomic E-state index is 12.8. The molecule has 0 spiro atoms. The summed E-state index contributed by atoms with van der Waals surface area (Å²) in [6, 6.07) is 9.36. The molecular weight excluding hydrogens is 357 g/mol. The SMILES string of the molecule is O=C(c1ccc(Cl)cc1)c1ccc(Br)c(C(F)(F)F)c1. The molecule has 0 radical (unpaired) electrons. The molecule has 0 saturated carbocycles. The molecule has 0 saturated heterocycles. The van der Waals surface area contributed by atoms with E-state index >= 15 is 0 Å². The van der Waals surface area contributed by atoms with Crippen LogP contribution in [0.15, 0.2) is 46.9 Å². The van der Waals surface area contributed by atoms with Crippen LogP contribution in [0.1, 0.15) is 21.5 Å². The smallest absolute Gasteiger partial charge is 0.289 e. The number of benzene rings is 2. The van der Waals surface area contributed by atoms with Crippen molar-refractivity contribution in [3.8, 4) is 0 Å². The van der Waals surface area contributed by atoms with Gasteiger partial charge in [0.15, 0.2) is 5.78 Å². The first-order valence-electron chi connectivity index (χ1n) is 5.46. The Balaban J connectivity index is 2.43. The zero-order valence-electron chi connectivity index (χ0n) is 9.84. The molecule has 0 bridgehead atoms. The van der Waals surface area contributed by atoms with Crippen molar-refractivity contribution in [1.82, 2.24) is 0 Å². The van der Waals surface area contributed by atoms with E-state index in [-0.39, 0.29) is 15.6 Å². The van der Waals surface area contributed by atoms with Gasteiger partial charge >= 0.3 is 6.18 Å². The van der Waals surface area contributed by atoms with Crippen LogP contribution < -0.4 is 0 Å². The third-order valence-corrected chi connectivity index (χ3v) is 3.58. The lowest BCUT2D eigenvalue weighted by molar-refractivity contribution is -0.138. The molecule has 0 unspecified atom stereocenters. The Morgan fingerprint density at radius 3 is 2.10 bits per heavy atom. The van der Waals surface area contributed by atoms with Crippen LogP contribution in [0.25, 0.3) is 0 Å². The van der Waals surface area contributed by atoms with E-state index < -0.39 is 17.5 Å². The molecule has 2 aromatic rings. The minimum absolute atomic E-state index is 0.0251. The second-order valence-electron chi connectivity index (χ2n) is 4.03. The number of carbonyl (C=O) groups excluding carboxylic acids is 1. The Bertz CT molecular complexity index is 650. The number of hydrogen-bond donors (Lipinski definition) is 0. The van der Waals surface area contributed by atoms with E-state index in [9.17, 15) is 18.0 Å². The summed E-state index contributed by atoms with van der Waals surface area (Å²) >= 11 is 8.53. The molecule has 1 nitrogen and oxygen atoms in total. The van der Waals surface area contributed by atoms with Crippen molar-refractivity contribution < 1.29 is 18.0 Å². The highest BCUT2D eigenvalue weighted by molar-refractivity contribution is 9.10. The molecule has 0 aliphatic heterocycles. The van der Waals surface area contributed by atoms with Gasteiger partial charge in [0.25, 0.3) is 0 Å². The van der Waals surface area contributed by atoms with Crippen LogP contribution in [0.4, 0.5) is 13.2 Å². The molecule has 104 valence electrons. The number of alkyl halides is 3. The van der Waals surface area contributed by atoms with Crippen molar-refractivity contribution in [2.45, 2.75) is 6.18 Å². The van der Waals surface area contributed by atoms with E-state index in [1.54, 1.807) is 0 Å². The topological polar surface area (TPSA) is 17.1 Å². The van der Waals surface area contributed by atoms with Gasteiger partial charge in [-0.2, -0.15) is 13.2 Å². The van der Waals surface area contributed by atoms with Crippen LogP contribution in [0.5, 0.6) is 0 Å². The number of hydrogen-bond acceptors (Lipinski definition) is 1. The highest BCUT2D eigenvalue weighted by atomic mass is 79.9. The van der Waals surface area contributed by atoms with Crippen LogP contribution in [-0.2, 0) is 6.18 Å². The second-order valence-corrected chi connectivity index (χ2v) is 5.32. The molecule has 0 heterocycles. The Hall–Kier alpha value is -1.33. The highest BCUT2D eigenvalue weighted by Gasteiger charge is 2.33. The summed E-state index contributed by atoms with van der Waals surface area (Å²) in [6.07, 6.45) is -4.52. The van der Waals surface area contributed by atoms with Crippen LogP contribution in [0.2, 0.25) is 5.02 Å². The van der Waals surface area contributed by atoms with E-state index in [0.29, 0.717) is 5.02 Å². The average Bonchev–Trinajstić information content (AvgIpc) is 2.38. The van der Waals surface area contributed by atoms with E-state index in [2.05, 4.69) is 15.9 Å². The van der Waals surface area contributed by atoms with E-state index in [1.807, 2.05) is 0 Å². The van der Waals surface area contributed by atoms with Gasteiger partial charge in [-0.3, -0.25) is 4.79 Å². The number of halogens is 5. The summed E-state index contributed by atoms with van der Waals surface area (Å²) in [7, 11) is 0. The van der Waals surface area contributed by atoms with Gasteiger partial charge in [0.05, 0.1) is 5.56 Å². The minimum atomic E-state index is -4.52. The number of rotatable bonds is 2. The fourth-order valence-corrected chi connectivity index (χ4v) is 2.25. The molecule has 6 heteroatoms. The van der Waals surface area contributed by atoms with Crippen molar-refractivity contribution in [3.63, 3.8) is 0 Å². The van der Waals surface area contributed by atoms with Gasteiger partial charge < -0.3 is 0 Å². The second kappa shape index (κ2) is 5.58. The first kappa shape index (κ1) is 15.1. The van der Waals surface area contributed by atoms with E-state index in [1.165, 1.54) is 36.4 Å². The van der Waals surface area contributed by atoms with Gasteiger partial charge in [-0.1, -0.05) is 27.5 Å². The van der Waals surface area contributed by atoms with Gasteiger partial charge in [0.2, 0.25) is 0 Å². The molecule has 0 atom stereocenters. The van der Waals surface area contributed by atoms with Crippen molar-refractivity contribution in [1.29, 1.82) is 0 Å². The molecular formula is C14H7BrClF3O. The summed E-state index contributed by atoms with van der Waals surface area (Å²) in [5.74, 6) is -0.486. The molecule has 0 amide bonds. The fraction of sp³-hybridized carbons (Fsp3) is 0.0714. The van der Waals surface area contributed by atoms with Crippen molar-refractivity contribution in [3.05, 3.63) is 68.7 Å². The third-order valence-electron chi connectivity index (χ3n) is 2.64. The predicted molar refractivity (Wildman–Crippen MR) is 74.0 cm³/mol. The third kappa shape index (κ3) is 3.22. The molecule has 0 aliphatic carbocycles. The Morgan fingerprint density at radius 1 is 1.00 bits per heavy atom. The van der Waals surface area contributed by atoms with Crippen LogP contribution in [0, 0.1) is 0 Å². The Morgan fingerprint density at radius 2 is 1.55 bits per heavy atom. The maximum atomic E-state index is 12.8. The van der Waals surface area contributed by atoms with Gasteiger partial charge in [0.1, 0.15) is 0 Å². The van der Waals surface area contributed by atoms with Gasteiger partial charge in [0, 0.05) is 20.6 Å². The number of ketones is 1. The standard InChI is InChI=1S/C14H7BrClF3O/c15-12-6-3-9(7-11(12)14(17,18)19)13(20)8-1-4-10(16)5-2-8/h1-7H. The van der Waals surface area contributed by atoms with Gasteiger partial charge in [-0.05, 0) is 42.5 Å². The molecule has 0 aromatic heterocycles. The first-order valence-corrected chi connectivity index (χ1v) is 6.63. The molecule has 2 rings (SSSR count). The molecule has 2 aromatic carbocycles. The van der Waals surface area contributed by atoms with Gasteiger partial charge in [-0.15, -0.1) is 0 Å². The summed E-state index contributed by atoms with van der Waals surface area (Å²) in [6.45, 7) is 0. The zero-order chi connectivity index (χ0) is 14.9. The molecule has 0 N–H and O–H groups in total. The molecule has 0 aliphatic rings.